The molecule has 1 aliphatic heterocycles. The number of nitrogens with two attached hydrogens (primary N) is 1. The molecule has 4 N–H and O–H groups in total. The van der Waals surface area contributed by atoms with Gasteiger partial charge in [0, 0.05) is 42.3 Å². The van der Waals surface area contributed by atoms with Crippen molar-refractivity contribution >= 4 is 22.9 Å². The summed E-state index contributed by atoms with van der Waals surface area (Å²) in [5.41, 5.74) is 11.7. The lowest BCUT2D eigenvalue weighted by Gasteiger charge is -2.28. The highest BCUT2D eigenvalue weighted by atomic mass is 15.2. The number of benzene rings is 2. The van der Waals surface area contributed by atoms with E-state index in [2.05, 4.69) is 80.0 Å². The Morgan fingerprint density at radius 2 is 1.73 bits per heavy atom. The van der Waals surface area contributed by atoms with Crippen LogP contribution in [0.1, 0.15) is 74.9 Å². The van der Waals surface area contributed by atoms with Gasteiger partial charge < -0.3 is 10.7 Å². The van der Waals surface area contributed by atoms with Gasteiger partial charge in [0.1, 0.15) is 0 Å². The molecule has 1 aromatic heterocycles. The standard InChI is InChI=1S/C22H32N4.C9H12N2/c1-6-7-20(8-15(2)3)26-13-18-12-23-22(25-21(18)14-26)24-19-10-16(4)9-17(5)11-19;1-7(2)8-3-5-9(11-10)6-4-8/h9-12,15,20H,6-8,13-14H2,1-5H3,(H,23,24,25);3-6,11H,1,10H2,2H3/t20-;/m0./s1. The molecule has 4 rings (SSSR count). The van der Waals surface area contributed by atoms with E-state index in [1.54, 1.807) is 0 Å². The van der Waals surface area contributed by atoms with Gasteiger partial charge in [0.25, 0.3) is 0 Å². The summed E-state index contributed by atoms with van der Waals surface area (Å²) < 4.78 is 0. The van der Waals surface area contributed by atoms with Crippen molar-refractivity contribution in [3.63, 3.8) is 0 Å². The van der Waals surface area contributed by atoms with Crippen LogP contribution in [0.2, 0.25) is 0 Å². The monoisotopic (exact) mass is 500 g/mol. The first-order valence-electron chi connectivity index (χ1n) is 13.3. The van der Waals surface area contributed by atoms with Crippen molar-refractivity contribution in [2.75, 3.05) is 10.7 Å². The molecule has 0 aliphatic carbocycles. The normalized spacial score (nSPS) is 13.5. The number of hydrazine groups is 1. The summed E-state index contributed by atoms with van der Waals surface area (Å²) in [6.07, 6.45) is 5.75. The summed E-state index contributed by atoms with van der Waals surface area (Å²) in [5.74, 6) is 6.63. The van der Waals surface area contributed by atoms with Gasteiger partial charge in [0.15, 0.2) is 0 Å². The Labute approximate surface area is 223 Å². The van der Waals surface area contributed by atoms with Crippen molar-refractivity contribution in [2.24, 2.45) is 11.8 Å². The summed E-state index contributed by atoms with van der Waals surface area (Å²) in [4.78, 5) is 12.0. The fraction of sp³-hybridized carbons (Fsp3) is 0.419. The maximum Gasteiger partial charge on any atom is 0.227 e. The first kappa shape index (κ1) is 28.4. The van der Waals surface area contributed by atoms with E-state index in [-0.39, 0.29) is 0 Å². The van der Waals surface area contributed by atoms with Crippen molar-refractivity contribution in [3.8, 4) is 0 Å². The Kier molecular flexibility index (Phi) is 10.2. The average Bonchev–Trinajstić information content (AvgIpc) is 3.27. The number of nitrogen functional groups attached to an aromatic ring is 1. The van der Waals surface area contributed by atoms with Crippen LogP contribution in [0.15, 0.2) is 55.2 Å². The highest BCUT2D eigenvalue weighted by Crippen LogP contribution is 2.28. The van der Waals surface area contributed by atoms with Gasteiger partial charge >= 0.3 is 0 Å². The molecule has 198 valence electrons. The molecule has 0 spiro atoms. The highest BCUT2D eigenvalue weighted by Gasteiger charge is 2.27. The summed E-state index contributed by atoms with van der Waals surface area (Å²) in [6.45, 7) is 18.9. The third kappa shape index (κ3) is 8.41. The van der Waals surface area contributed by atoms with Gasteiger partial charge in [-0.05, 0) is 80.5 Å². The average molecular weight is 501 g/mol. The molecule has 6 heteroatoms. The number of hydrogen-bond donors (Lipinski definition) is 3. The van der Waals surface area contributed by atoms with Gasteiger partial charge in [0.05, 0.1) is 5.69 Å². The van der Waals surface area contributed by atoms with E-state index in [4.69, 9.17) is 10.8 Å². The second kappa shape index (κ2) is 13.4. The minimum Gasteiger partial charge on any atom is -0.324 e. The van der Waals surface area contributed by atoms with Crippen LogP contribution in [0, 0.1) is 19.8 Å². The second-order valence-corrected chi connectivity index (χ2v) is 10.6. The molecule has 0 radical (unpaired) electrons. The molecule has 6 nitrogen and oxygen atoms in total. The fourth-order valence-corrected chi connectivity index (χ4v) is 4.85. The number of allylic oxidation sites excluding steroid dienone is 1. The number of fused-ring (bicyclic) bond motifs is 1. The Balaban J connectivity index is 0.000000289. The van der Waals surface area contributed by atoms with Gasteiger partial charge in [0.2, 0.25) is 5.95 Å². The molecule has 1 atom stereocenters. The number of nitrogens with one attached hydrogen (secondary N) is 2. The van der Waals surface area contributed by atoms with Gasteiger partial charge in [-0.15, -0.1) is 0 Å². The lowest BCUT2D eigenvalue weighted by Crippen LogP contribution is -2.31. The van der Waals surface area contributed by atoms with E-state index in [1.807, 2.05) is 37.4 Å². The molecular formula is C31H44N6. The van der Waals surface area contributed by atoms with Crippen LogP contribution in [0.25, 0.3) is 5.57 Å². The number of rotatable bonds is 9. The Morgan fingerprint density at radius 3 is 2.30 bits per heavy atom. The van der Waals surface area contributed by atoms with E-state index in [1.165, 1.54) is 41.6 Å². The molecule has 0 saturated carbocycles. The number of hydrogen-bond acceptors (Lipinski definition) is 6. The first-order valence-corrected chi connectivity index (χ1v) is 13.3. The zero-order chi connectivity index (χ0) is 26.9. The summed E-state index contributed by atoms with van der Waals surface area (Å²) >= 11 is 0. The molecule has 1 aliphatic rings. The Morgan fingerprint density at radius 1 is 1.05 bits per heavy atom. The number of anilines is 3. The zero-order valence-corrected chi connectivity index (χ0v) is 23.4. The number of aromatic nitrogens is 2. The topological polar surface area (TPSA) is 79.1 Å². The SMILES string of the molecule is C=C(C)c1ccc(NN)cc1.CCC[C@@H](CC(C)C)N1Cc2cnc(Nc3cc(C)cc(C)c3)nc2C1. The third-order valence-electron chi connectivity index (χ3n) is 6.58. The Hall–Kier alpha value is -3.22. The van der Waals surface area contributed by atoms with Crippen LogP contribution in [-0.4, -0.2) is 20.9 Å². The van der Waals surface area contributed by atoms with Crippen LogP contribution in [0.4, 0.5) is 17.3 Å². The van der Waals surface area contributed by atoms with Crippen molar-refractivity contribution in [2.45, 2.75) is 79.9 Å². The van der Waals surface area contributed by atoms with Crippen molar-refractivity contribution in [3.05, 3.63) is 83.2 Å². The van der Waals surface area contributed by atoms with Gasteiger partial charge in [-0.25, -0.2) is 9.97 Å². The molecular weight excluding hydrogens is 456 g/mol. The van der Waals surface area contributed by atoms with Crippen LogP contribution in [-0.2, 0) is 13.1 Å². The fourth-order valence-electron chi connectivity index (χ4n) is 4.85. The predicted molar refractivity (Wildman–Crippen MR) is 158 cm³/mol. The molecule has 2 heterocycles. The van der Waals surface area contributed by atoms with Crippen LogP contribution < -0.4 is 16.6 Å². The van der Waals surface area contributed by atoms with Crippen LogP contribution >= 0.6 is 0 Å². The number of aryl methyl sites for hydroxylation is 2. The van der Waals surface area contributed by atoms with Crippen LogP contribution in [0.5, 0.6) is 0 Å². The maximum atomic E-state index is 5.20. The van der Waals surface area contributed by atoms with Gasteiger partial charge in [-0.1, -0.05) is 57.5 Å². The first-order chi connectivity index (χ1) is 17.7. The lowest BCUT2D eigenvalue weighted by molar-refractivity contribution is 0.163. The second-order valence-electron chi connectivity index (χ2n) is 10.6. The quantitative estimate of drug-likeness (QED) is 0.210. The smallest absolute Gasteiger partial charge is 0.227 e. The van der Waals surface area contributed by atoms with Gasteiger partial charge in [-0.2, -0.15) is 0 Å². The third-order valence-corrected chi connectivity index (χ3v) is 6.58. The molecule has 0 fully saturated rings. The summed E-state index contributed by atoms with van der Waals surface area (Å²) in [6, 6.07) is 14.9. The van der Waals surface area contributed by atoms with Crippen molar-refractivity contribution in [1.82, 2.24) is 14.9 Å². The molecule has 37 heavy (non-hydrogen) atoms. The minimum atomic E-state index is 0.644. The Bertz CT molecular complexity index is 1150. The van der Waals surface area contributed by atoms with Crippen molar-refractivity contribution < 1.29 is 0 Å². The van der Waals surface area contributed by atoms with E-state index in [9.17, 15) is 0 Å². The molecule has 0 saturated heterocycles. The summed E-state index contributed by atoms with van der Waals surface area (Å²) in [7, 11) is 0. The van der Waals surface area contributed by atoms with E-state index in [0.717, 1.165) is 41.5 Å². The predicted octanol–water partition coefficient (Wildman–Crippen LogP) is 7.37. The van der Waals surface area contributed by atoms with E-state index >= 15 is 0 Å². The van der Waals surface area contributed by atoms with Crippen LogP contribution in [0.3, 0.4) is 0 Å². The minimum absolute atomic E-state index is 0.644. The van der Waals surface area contributed by atoms with E-state index < -0.39 is 0 Å². The molecule has 3 aromatic rings. The molecule has 0 amide bonds. The van der Waals surface area contributed by atoms with E-state index in [0.29, 0.717) is 12.0 Å². The lowest BCUT2D eigenvalue weighted by atomic mass is 9.99. The zero-order valence-electron chi connectivity index (χ0n) is 23.4. The molecule has 0 bridgehead atoms. The maximum absolute atomic E-state index is 5.20. The number of nitrogens with zero attached hydrogens (tertiary/aromatic N) is 3. The highest BCUT2D eigenvalue weighted by molar-refractivity contribution is 5.63. The van der Waals surface area contributed by atoms with Crippen molar-refractivity contribution in [1.29, 1.82) is 0 Å². The molecule has 2 aromatic carbocycles. The molecule has 0 unspecified atom stereocenters. The summed E-state index contributed by atoms with van der Waals surface area (Å²) in [5, 5.41) is 3.38. The largest absolute Gasteiger partial charge is 0.324 e. The van der Waals surface area contributed by atoms with Gasteiger partial charge in [-0.3, -0.25) is 10.7 Å².